The molecule has 3 heterocycles. The molecule has 0 aromatic carbocycles. The Labute approximate surface area is 146 Å². The molecule has 1 aliphatic heterocycles. The first-order chi connectivity index (χ1) is 11.5. The molecule has 0 radical (unpaired) electrons. The summed E-state index contributed by atoms with van der Waals surface area (Å²) in [5.74, 6) is 2.12. The number of nitrogens with zero attached hydrogens (tertiary/aromatic N) is 5. The normalized spacial score (nSPS) is 16.9. The average Bonchev–Trinajstić information content (AvgIpc) is 3.18. The van der Waals surface area contributed by atoms with Crippen molar-refractivity contribution >= 4 is 17.2 Å². The van der Waals surface area contributed by atoms with E-state index in [0.717, 1.165) is 54.7 Å². The van der Waals surface area contributed by atoms with E-state index >= 15 is 0 Å². The summed E-state index contributed by atoms with van der Waals surface area (Å²) in [5.41, 5.74) is 1.00. The second kappa shape index (κ2) is 7.40. The van der Waals surface area contributed by atoms with Gasteiger partial charge in [-0.3, -0.25) is 4.79 Å². The summed E-state index contributed by atoms with van der Waals surface area (Å²) in [6, 6.07) is 0.387. The maximum atomic E-state index is 11.7. The van der Waals surface area contributed by atoms with Gasteiger partial charge in [-0.25, -0.2) is 14.6 Å². The van der Waals surface area contributed by atoms with Crippen molar-refractivity contribution in [1.82, 2.24) is 30.0 Å². The number of aromatic nitrogens is 4. The molecule has 7 nitrogen and oxygen atoms in total. The number of hydrogen-bond acceptors (Lipinski definition) is 6. The number of likely N-dealkylation sites (N-methyl/N-ethyl adjacent to an activating group) is 1. The van der Waals surface area contributed by atoms with Crippen LogP contribution in [0, 0.1) is 0 Å². The summed E-state index contributed by atoms with van der Waals surface area (Å²) in [5, 5.41) is 11.0. The number of carbonyl (C=O) groups excluding carboxylic acids is 1. The zero-order chi connectivity index (χ0) is 17.1. The minimum Gasteiger partial charge on any atom is -0.348 e. The van der Waals surface area contributed by atoms with Crippen molar-refractivity contribution in [3.63, 3.8) is 0 Å². The molecule has 1 aliphatic rings. The second-order valence-corrected chi connectivity index (χ2v) is 7.24. The van der Waals surface area contributed by atoms with E-state index in [0.29, 0.717) is 12.5 Å². The third kappa shape index (κ3) is 3.99. The maximum absolute atomic E-state index is 11.7. The fourth-order valence-electron chi connectivity index (χ4n) is 2.72. The van der Waals surface area contributed by atoms with Crippen molar-refractivity contribution in [2.24, 2.45) is 0 Å². The molecule has 0 aliphatic carbocycles. The quantitative estimate of drug-likeness (QED) is 0.844. The molecule has 3 rings (SSSR count). The minimum absolute atomic E-state index is 0.0848. The van der Waals surface area contributed by atoms with E-state index < -0.39 is 0 Å². The number of amides is 1. The van der Waals surface area contributed by atoms with Crippen LogP contribution in [0.2, 0.25) is 0 Å². The van der Waals surface area contributed by atoms with E-state index in [1.807, 2.05) is 10.1 Å². The van der Waals surface area contributed by atoms with Gasteiger partial charge < -0.3 is 10.2 Å². The molecule has 0 saturated heterocycles. The van der Waals surface area contributed by atoms with Gasteiger partial charge >= 0.3 is 0 Å². The first-order valence-electron chi connectivity index (χ1n) is 8.34. The van der Waals surface area contributed by atoms with Crippen LogP contribution in [0.25, 0.3) is 0 Å². The van der Waals surface area contributed by atoms with Crippen LogP contribution in [0.5, 0.6) is 0 Å². The van der Waals surface area contributed by atoms with Crippen LogP contribution in [0.4, 0.5) is 0 Å². The highest BCUT2D eigenvalue weighted by atomic mass is 32.1. The van der Waals surface area contributed by atoms with E-state index in [1.165, 1.54) is 0 Å². The summed E-state index contributed by atoms with van der Waals surface area (Å²) in [6.45, 7) is 3.67. The smallest absolute Gasteiger partial charge is 0.228 e. The summed E-state index contributed by atoms with van der Waals surface area (Å²) in [4.78, 5) is 22.4. The average molecular weight is 348 g/mol. The predicted octanol–water partition coefficient (Wildman–Crippen LogP) is 1.03. The van der Waals surface area contributed by atoms with E-state index in [4.69, 9.17) is 0 Å². The lowest BCUT2D eigenvalue weighted by Gasteiger charge is -2.23. The first kappa shape index (κ1) is 17.0. The lowest BCUT2D eigenvalue weighted by molar-refractivity contribution is -0.127. The van der Waals surface area contributed by atoms with Gasteiger partial charge in [0.2, 0.25) is 5.91 Å². The largest absolute Gasteiger partial charge is 0.348 e. The highest BCUT2D eigenvalue weighted by Crippen LogP contribution is 2.15. The first-order valence-corrected chi connectivity index (χ1v) is 9.22. The third-order valence-electron chi connectivity index (χ3n) is 4.19. The molecule has 1 amide bonds. The van der Waals surface area contributed by atoms with E-state index in [9.17, 15) is 4.79 Å². The SMILES string of the molecule is CCc1nc2n(n1)CC(NCc1csc(CC(=O)N(C)C)n1)CC2. The Balaban J connectivity index is 1.51. The number of rotatable bonds is 6. The van der Waals surface area contributed by atoms with E-state index in [1.54, 1.807) is 30.3 Å². The standard InChI is InChI=1S/C16H24N6OS/c1-4-13-19-14-6-5-11(9-22(14)20-13)17-8-12-10-24-15(18-12)7-16(23)21(2)3/h10-11,17H,4-9H2,1-3H3. The van der Waals surface area contributed by atoms with Gasteiger partial charge in [0.15, 0.2) is 5.82 Å². The van der Waals surface area contributed by atoms with Crippen LogP contribution in [0.3, 0.4) is 0 Å². The van der Waals surface area contributed by atoms with Crippen molar-refractivity contribution in [3.8, 4) is 0 Å². The van der Waals surface area contributed by atoms with Gasteiger partial charge in [-0.05, 0) is 6.42 Å². The molecule has 1 atom stereocenters. The van der Waals surface area contributed by atoms with Gasteiger partial charge in [0.1, 0.15) is 10.8 Å². The Morgan fingerprint density at radius 1 is 1.46 bits per heavy atom. The van der Waals surface area contributed by atoms with Crippen molar-refractivity contribution in [2.75, 3.05) is 14.1 Å². The molecule has 0 saturated carbocycles. The molecule has 0 spiro atoms. The Morgan fingerprint density at radius 2 is 2.29 bits per heavy atom. The maximum Gasteiger partial charge on any atom is 0.228 e. The topological polar surface area (TPSA) is 75.9 Å². The molecule has 0 fully saturated rings. The van der Waals surface area contributed by atoms with Crippen LogP contribution in [0.15, 0.2) is 5.38 Å². The van der Waals surface area contributed by atoms with Crippen molar-refractivity contribution < 1.29 is 4.79 Å². The third-order valence-corrected chi connectivity index (χ3v) is 5.09. The highest BCUT2D eigenvalue weighted by molar-refractivity contribution is 7.09. The van der Waals surface area contributed by atoms with Gasteiger partial charge in [-0.2, -0.15) is 5.10 Å². The Morgan fingerprint density at radius 3 is 3.04 bits per heavy atom. The van der Waals surface area contributed by atoms with Gasteiger partial charge in [0, 0.05) is 44.9 Å². The van der Waals surface area contributed by atoms with Crippen LogP contribution in [-0.4, -0.2) is 50.7 Å². The Hall–Kier alpha value is -1.80. The number of nitrogens with one attached hydrogen (secondary N) is 1. The zero-order valence-corrected chi connectivity index (χ0v) is 15.3. The molecule has 2 aromatic rings. The lowest BCUT2D eigenvalue weighted by atomic mass is 10.1. The summed E-state index contributed by atoms with van der Waals surface area (Å²) < 4.78 is 2.03. The molecule has 130 valence electrons. The van der Waals surface area contributed by atoms with Crippen LogP contribution in [0.1, 0.15) is 35.7 Å². The van der Waals surface area contributed by atoms with E-state index in [2.05, 4.69) is 27.3 Å². The Kier molecular flexibility index (Phi) is 5.25. The van der Waals surface area contributed by atoms with Crippen LogP contribution in [-0.2, 0) is 37.1 Å². The summed E-state index contributed by atoms with van der Waals surface area (Å²) >= 11 is 1.55. The van der Waals surface area contributed by atoms with Gasteiger partial charge in [-0.1, -0.05) is 6.92 Å². The molecule has 8 heteroatoms. The fraction of sp³-hybridized carbons (Fsp3) is 0.625. The number of fused-ring (bicyclic) bond motifs is 1. The highest BCUT2D eigenvalue weighted by Gasteiger charge is 2.21. The minimum atomic E-state index is 0.0848. The molecule has 1 unspecified atom stereocenters. The number of thiazole rings is 1. The monoisotopic (exact) mass is 348 g/mol. The van der Waals surface area contributed by atoms with Gasteiger partial charge in [-0.15, -0.1) is 11.3 Å². The molecule has 2 aromatic heterocycles. The Bertz CT molecular complexity index is 707. The van der Waals surface area contributed by atoms with E-state index in [-0.39, 0.29) is 5.91 Å². The number of aryl methyl sites for hydroxylation is 2. The number of hydrogen-bond donors (Lipinski definition) is 1. The summed E-state index contributed by atoms with van der Waals surface area (Å²) in [6.07, 6.45) is 3.29. The zero-order valence-electron chi connectivity index (χ0n) is 14.4. The van der Waals surface area contributed by atoms with Crippen molar-refractivity contribution in [1.29, 1.82) is 0 Å². The van der Waals surface area contributed by atoms with Crippen molar-refractivity contribution in [2.45, 2.75) is 51.7 Å². The van der Waals surface area contributed by atoms with Crippen molar-refractivity contribution in [3.05, 3.63) is 27.7 Å². The summed E-state index contributed by atoms with van der Waals surface area (Å²) in [7, 11) is 3.54. The molecule has 1 N–H and O–H groups in total. The number of carbonyl (C=O) groups is 1. The molecular weight excluding hydrogens is 324 g/mol. The second-order valence-electron chi connectivity index (χ2n) is 6.29. The van der Waals surface area contributed by atoms with Gasteiger partial charge in [0.05, 0.1) is 18.7 Å². The lowest BCUT2D eigenvalue weighted by Crippen LogP contribution is -2.37. The molecule has 24 heavy (non-hydrogen) atoms. The predicted molar refractivity (Wildman–Crippen MR) is 92.9 cm³/mol. The van der Waals surface area contributed by atoms with Crippen LogP contribution < -0.4 is 5.32 Å². The molecular formula is C16H24N6OS. The van der Waals surface area contributed by atoms with Crippen LogP contribution >= 0.6 is 11.3 Å². The van der Waals surface area contributed by atoms with Gasteiger partial charge in [0.25, 0.3) is 0 Å². The molecule has 0 bridgehead atoms. The fourth-order valence-corrected chi connectivity index (χ4v) is 3.51.